The fourth-order valence-electron chi connectivity index (χ4n) is 2.65. The molecule has 3 N–H and O–H groups in total. The second kappa shape index (κ2) is 7.34. The molecule has 0 radical (unpaired) electrons. The van der Waals surface area contributed by atoms with Gasteiger partial charge in [0.2, 0.25) is 0 Å². The number of ether oxygens (including phenoxy) is 5. The summed E-state index contributed by atoms with van der Waals surface area (Å²) in [6.45, 7) is 0.421. The molecule has 2 rings (SSSR count). The first-order valence-corrected chi connectivity index (χ1v) is 6.96. The van der Waals surface area contributed by atoms with Gasteiger partial charge < -0.3 is 34.7 Å². The maximum absolute atomic E-state index is 12.4. The van der Waals surface area contributed by atoms with E-state index in [-0.39, 0.29) is 19.3 Å². The lowest BCUT2D eigenvalue weighted by atomic mass is 10.1. The smallest absolute Gasteiger partial charge is 0.337 e. The third-order valence-electron chi connectivity index (χ3n) is 3.99. The maximum Gasteiger partial charge on any atom is 0.337 e. The quantitative estimate of drug-likeness (QED) is 0.548. The highest BCUT2D eigenvalue weighted by atomic mass is 16.6. The molecular formula is C13H22N2O7. The van der Waals surface area contributed by atoms with Gasteiger partial charge in [0, 0.05) is 14.2 Å². The van der Waals surface area contributed by atoms with Crippen molar-refractivity contribution in [3.63, 3.8) is 0 Å². The van der Waals surface area contributed by atoms with Gasteiger partial charge in [0.05, 0.1) is 38.5 Å². The van der Waals surface area contributed by atoms with E-state index in [1.165, 1.54) is 21.3 Å². The number of nitrogens with two attached hydrogens (primary N) is 1. The average molecular weight is 318 g/mol. The zero-order valence-corrected chi connectivity index (χ0v) is 12.8. The summed E-state index contributed by atoms with van der Waals surface area (Å²) in [7, 11) is 4.24. The third kappa shape index (κ3) is 3.23. The van der Waals surface area contributed by atoms with Gasteiger partial charge in [0.15, 0.2) is 12.2 Å². The lowest BCUT2D eigenvalue weighted by Crippen LogP contribution is -2.56. The van der Waals surface area contributed by atoms with Crippen LogP contribution < -0.4 is 11.1 Å². The molecule has 2 fully saturated rings. The summed E-state index contributed by atoms with van der Waals surface area (Å²) in [5, 5.41) is 2.71. The number of hydrogen-bond donors (Lipinski definition) is 2. The summed E-state index contributed by atoms with van der Waals surface area (Å²) in [4.78, 5) is 24.1. The van der Waals surface area contributed by atoms with Crippen LogP contribution in [0.2, 0.25) is 0 Å². The van der Waals surface area contributed by atoms with Crippen molar-refractivity contribution < 1.29 is 33.3 Å². The van der Waals surface area contributed by atoms with Crippen molar-refractivity contribution in [3.8, 4) is 0 Å². The molecule has 0 bridgehead atoms. The number of amides is 1. The topological polar surface area (TPSA) is 118 Å². The molecule has 9 nitrogen and oxygen atoms in total. The Morgan fingerprint density at radius 1 is 1.05 bits per heavy atom. The molecule has 1 amide bonds. The molecule has 9 heteroatoms. The van der Waals surface area contributed by atoms with Gasteiger partial charge in [0.1, 0.15) is 6.10 Å². The summed E-state index contributed by atoms with van der Waals surface area (Å²) in [5.41, 5.74) is 5.93. The van der Waals surface area contributed by atoms with E-state index in [1.807, 2.05) is 0 Å². The summed E-state index contributed by atoms with van der Waals surface area (Å²) in [5.74, 6) is -1.00. The Bertz CT molecular complexity index is 419. The van der Waals surface area contributed by atoms with Crippen molar-refractivity contribution in [2.75, 3.05) is 34.5 Å². The molecule has 0 spiro atoms. The van der Waals surface area contributed by atoms with Crippen molar-refractivity contribution in [2.24, 2.45) is 5.73 Å². The van der Waals surface area contributed by atoms with Gasteiger partial charge in [-0.25, -0.2) is 4.79 Å². The fraction of sp³-hybridized carbons (Fsp3) is 0.846. The molecule has 2 aliphatic rings. The van der Waals surface area contributed by atoms with Crippen molar-refractivity contribution in [3.05, 3.63) is 0 Å². The molecule has 0 aromatic heterocycles. The number of nitrogens with one attached hydrogen (secondary N) is 1. The van der Waals surface area contributed by atoms with Crippen molar-refractivity contribution in [1.82, 2.24) is 5.32 Å². The van der Waals surface area contributed by atoms with E-state index in [2.05, 4.69) is 10.1 Å². The molecule has 126 valence electrons. The lowest BCUT2D eigenvalue weighted by Gasteiger charge is -2.24. The Hall–Kier alpha value is -1.26. The Labute approximate surface area is 128 Å². The van der Waals surface area contributed by atoms with Crippen molar-refractivity contribution in [2.45, 2.75) is 36.5 Å². The highest BCUT2D eigenvalue weighted by Crippen LogP contribution is 2.20. The standard InChI is InChI=1S/C13H22N2O7/c1-18-6-4-21-10(8(6)14)12(16)15-9-7(19-2)5-22-11(9)13(17)20-3/h6-11H,4-5,14H2,1-3H3,(H,15,16)/t6-,7-,8-,9-,10+,11+/m0/s1. The predicted octanol–water partition coefficient (Wildman–Crippen LogP) is -2.20. The van der Waals surface area contributed by atoms with Gasteiger partial charge in [0.25, 0.3) is 5.91 Å². The van der Waals surface area contributed by atoms with Crippen LogP contribution in [0.15, 0.2) is 0 Å². The first-order chi connectivity index (χ1) is 10.5. The van der Waals surface area contributed by atoms with Crippen LogP contribution in [0.5, 0.6) is 0 Å². The monoisotopic (exact) mass is 318 g/mol. The van der Waals surface area contributed by atoms with Crippen LogP contribution in [0.4, 0.5) is 0 Å². The lowest BCUT2D eigenvalue weighted by molar-refractivity contribution is -0.152. The number of hydrogen-bond acceptors (Lipinski definition) is 8. The summed E-state index contributed by atoms with van der Waals surface area (Å²) in [6.07, 6.45) is -2.56. The summed E-state index contributed by atoms with van der Waals surface area (Å²) < 4.78 is 25.8. The Morgan fingerprint density at radius 3 is 2.18 bits per heavy atom. The number of esters is 1. The van der Waals surface area contributed by atoms with Gasteiger partial charge in [-0.3, -0.25) is 4.79 Å². The first-order valence-electron chi connectivity index (χ1n) is 6.96. The fourth-order valence-corrected chi connectivity index (χ4v) is 2.65. The highest BCUT2D eigenvalue weighted by Gasteiger charge is 2.46. The number of carbonyl (C=O) groups excluding carboxylic acids is 2. The van der Waals surface area contributed by atoms with Crippen LogP contribution in [0.25, 0.3) is 0 Å². The van der Waals surface area contributed by atoms with E-state index in [4.69, 9.17) is 24.7 Å². The van der Waals surface area contributed by atoms with Gasteiger partial charge in [-0.15, -0.1) is 0 Å². The highest BCUT2D eigenvalue weighted by molar-refractivity contribution is 5.84. The minimum atomic E-state index is -0.922. The molecule has 0 saturated carbocycles. The summed E-state index contributed by atoms with van der Waals surface area (Å²) in [6, 6.07) is -1.24. The van der Waals surface area contributed by atoms with Crippen molar-refractivity contribution >= 4 is 11.9 Å². The van der Waals surface area contributed by atoms with E-state index >= 15 is 0 Å². The zero-order chi connectivity index (χ0) is 16.3. The van der Waals surface area contributed by atoms with Crippen LogP contribution in [0.1, 0.15) is 0 Å². The average Bonchev–Trinajstić information content (AvgIpc) is 3.09. The van der Waals surface area contributed by atoms with E-state index in [0.717, 1.165) is 0 Å². The van der Waals surface area contributed by atoms with Gasteiger partial charge >= 0.3 is 5.97 Å². The van der Waals surface area contributed by atoms with Gasteiger partial charge in [-0.1, -0.05) is 0 Å². The van der Waals surface area contributed by atoms with Crippen molar-refractivity contribution in [1.29, 1.82) is 0 Å². The Kier molecular flexibility index (Phi) is 5.70. The number of methoxy groups -OCH3 is 3. The number of carbonyl (C=O) groups is 2. The number of rotatable bonds is 5. The van der Waals surface area contributed by atoms with Crippen LogP contribution in [-0.4, -0.2) is 82.9 Å². The first kappa shape index (κ1) is 17.1. The second-order valence-electron chi connectivity index (χ2n) is 5.19. The maximum atomic E-state index is 12.4. The molecule has 0 unspecified atom stereocenters. The molecular weight excluding hydrogens is 296 g/mol. The molecule has 0 aromatic carbocycles. The molecule has 6 atom stereocenters. The largest absolute Gasteiger partial charge is 0.467 e. The molecule has 2 saturated heterocycles. The Morgan fingerprint density at radius 2 is 1.64 bits per heavy atom. The van der Waals surface area contributed by atoms with E-state index in [1.54, 1.807) is 0 Å². The summed E-state index contributed by atoms with van der Waals surface area (Å²) >= 11 is 0. The molecule has 0 aromatic rings. The predicted molar refractivity (Wildman–Crippen MR) is 73.0 cm³/mol. The normalized spacial score (nSPS) is 38.0. The third-order valence-corrected chi connectivity index (χ3v) is 3.99. The second-order valence-corrected chi connectivity index (χ2v) is 5.19. The van der Waals surface area contributed by atoms with Crippen LogP contribution >= 0.6 is 0 Å². The SMILES string of the molecule is COC(=O)[C@@H]1OC[C@H](OC)[C@@H]1NC(=O)[C@@H]1OC[C@H](OC)[C@@H]1N. The van der Waals surface area contributed by atoms with Gasteiger partial charge in [-0.05, 0) is 0 Å². The van der Waals surface area contributed by atoms with Gasteiger partial charge in [-0.2, -0.15) is 0 Å². The van der Waals surface area contributed by atoms with Crippen LogP contribution in [-0.2, 0) is 33.3 Å². The van der Waals surface area contributed by atoms with Crippen LogP contribution in [0.3, 0.4) is 0 Å². The van der Waals surface area contributed by atoms with E-state index in [0.29, 0.717) is 0 Å². The molecule has 22 heavy (non-hydrogen) atoms. The molecule has 2 aliphatic heterocycles. The van der Waals surface area contributed by atoms with Crippen LogP contribution in [0, 0.1) is 0 Å². The van der Waals surface area contributed by atoms with E-state index < -0.39 is 42.3 Å². The zero-order valence-electron chi connectivity index (χ0n) is 12.8. The van der Waals surface area contributed by atoms with E-state index in [9.17, 15) is 9.59 Å². The molecule has 2 heterocycles. The minimum Gasteiger partial charge on any atom is -0.467 e. The minimum absolute atomic E-state index is 0.180. The molecule has 0 aliphatic carbocycles. The Balaban J connectivity index is 2.03.